The molecule has 0 aromatic heterocycles. The van der Waals surface area contributed by atoms with Crippen LogP contribution in [0, 0.1) is 17.8 Å². The molecule has 5 amide bonds. The minimum absolute atomic E-state index is 0.0100. The number of Topliss-reactive ketones (excluding diaryl/α,β-unsaturated/α-hetero) is 2. The molecule has 0 radical (unpaired) electrons. The van der Waals surface area contributed by atoms with E-state index >= 15 is 0 Å². The van der Waals surface area contributed by atoms with E-state index < -0.39 is 78.2 Å². The summed E-state index contributed by atoms with van der Waals surface area (Å²) in [7, 11) is 0. The van der Waals surface area contributed by atoms with Crippen molar-refractivity contribution >= 4 is 64.7 Å². The first-order valence-electron chi connectivity index (χ1n) is 21.1. The molecule has 1 saturated carbocycles. The van der Waals surface area contributed by atoms with E-state index in [2.05, 4.69) is 21.3 Å². The predicted octanol–water partition coefficient (Wildman–Crippen LogP) is 0.709. The molecule has 1 aliphatic rings. The van der Waals surface area contributed by atoms with E-state index in [9.17, 15) is 58.2 Å². The van der Waals surface area contributed by atoms with Crippen molar-refractivity contribution in [1.29, 1.82) is 0 Å². The molecule has 11 N–H and O–H groups in total. The second-order valence-corrected chi connectivity index (χ2v) is 15.5. The molecule has 0 spiro atoms. The van der Waals surface area contributed by atoms with Gasteiger partial charge in [0, 0.05) is 62.5 Å². The van der Waals surface area contributed by atoms with Gasteiger partial charge in [0.05, 0.1) is 25.2 Å². The number of amides is 5. The van der Waals surface area contributed by atoms with Crippen LogP contribution < -0.4 is 32.7 Å². The fraction of sp³-hybridized carbons (Fsp3) is 0.619. The molecule has 1 aliphatic carbocycles. The molecule has 0 saturated heterocycles. The second kappa shape index (κ2) is 29.4. The summed E-state index contributed by atoms with van der Waals surface area (Å²) in [4.78, 5) is 121. The summed E-state index contributed by atoms with van der Waals surface area (Å²) in [6, 6.07) is 4.38. The molecule has 21 heteroatoms. The van der Waals surface area contributed by atoms with Crippen LogP contribution in [0.1, 0.15) is 107 Å². The number of nitrogens with one attached hydrogen (secondary N) is 4. The third kappa shape index (κ3) is 23.2. The fourth-order valence-corrected chi connectivity index (χ4v) is 6.86. The second-order valence-electron chi connectivity index (χ2n) is 15.5. The van der Waals surface area contributed by atoms with E-state index in [1.165, 1.54) is 0 Å². The number of ether oxygens (including phenoxy) is 2. The molecule has 2 rings (SSSR count). The lowest BCUT2D eigenvalue weighted by molar-refractivity contribution is -0.145. The summed E-state index contributed by atoms with van der Waals surface area (Å²) in [5.74, 6) is -8.66. The van der Waals surface area contributed by atoms with Crippen molar-refractivity contribution in [3.63, 3.8) is 0 Å². The first kappa shape index (κ1) is 53.2. The van der Waals surface area contributed by atoms with Crippen molar-refractivity contribution in [2.45, 2.75) is 108 Å². The molecule has 3 atom stereocenters. The van der Waals surface area contributed by atoms with Crippen molar-refractivity contribution < 1.29 is 72.7 Å². The van der Waals surface area contributed by atoms with Crippen LogP contribution in [0.4, 0.5) is 5.69 Å². The molecule has 21 nitrogen and oxygen atoms in total. The summed E-state index contributed by atoms with van der Waals surface area (Å²) in [6.45, 7) is 0.434. The summed E-state index contributed by atoms with van der Waals surface area (Å²) >= 11 is 0. The molecule has 350 valence electrons. The molecular weight excluding hydrogens is 828 g/mol. The molecule has 1 fully saturated rings. The minimum atomic E-state index is -1.26. The van der Waals surface area contributed by atoms with Gasteiger partial charge in [0.15, 0.2) is 5.78 Å². The topological polar surface area (TPSA) is 350 Å². The molecule has 63 heavy (non-hydrogen) atoms. The third-order valence-electron chi connectivity index (χ3n) is 10.5. The lowest BCUT2D eigenvalue weighted by Gasteiger charge is -2.28. The van der Waals surface area contributed by atoms with Crippen LogP contribution in [0.25, 0.3) is 0 Å². The lowest BCUT2D eigenvalue weighted by atomic mass is 9.78. The van der Waals surface area contributed by atoms with Gasteiger partial charge < -0.3 is 57.5 Å². The molecule has 0 bridgehead atoms. The highest BCUT2D eigenvalue weighted by Gasteiger charge is 2.31. The number of carboxylic acids is 3. The van der Waals surface area contributed by atoms with Crippen molar-refractivity contribution in [2.24, 2.45) is 23.5 Å². The maximum absolute atomic E-state index is 13.0. The number of rotatable bonds is 33. The Kier molecular flexibility index (Phi) is 24.8. The summed E-state index contributed by atoms with van der Waals surface area (Å²) in [5, 5.41) is 38.0. The average molecular weight is 891 g/mol. The van der Waals surface area contributed by atoms with Crippen LogP contribution in [-0.4, -0.2) is 126 Å². The SMILES string of the molecule is NC(=O)C(CCCCNC(=O)c1ccc(N)cc1)NC(=O)COCCOCCCC(=O)C(CCC(=O)O)NC(=O)CCC(CC(=O)C1CCC(CNC(=O)CC(=O)O)CC1)C(=O)O. The number of unbranched alkanes of at least 4 members (excludes halogenated alkanes) is 1. The van der Waals surface area contributed by atoms with E-state index in [4.69, 9.17) is 26.0 Å². The van der Waals surface area contributed by atoms with E-state index in [0.717, 1.165) is 0 Å². The maximum Gasteiger partial charge on any atom is 0.312 e. The van der Waals surface area contributed by atoms with Crippen LogP contribution >= 0.6 is 0 Å². The Morgan fingerprint density at radius 2 is 1.35 bits per heavy atom. The quantitative estimate of drug-likeness (QED) is 0.0267. The van der Waals surface area contributed by atoms with Gasteiger partial charge in [-0.25, -0.2) is 0 Å². The van der Waals surface area contributed by atoms with E-state index in [-0.39, 0.29) is 101 Å². The minimum Gasteiger partial charge on any atom is -0.481 e. The number of carboxylic acid groups (broad SMARTS) is 3. The number of aliphatic carboxylic acids is 3. The zero-order chi connectivity index (χ0) is 46.7. The van der Waals surface area contributed by atoms with Gasteiger partial charge in [0.25, 0.3) is 5.91 Å². The van der Waals surface area contributed by atoms with Gasteiger partial charge in [0.2, 0.25) is 23.6 Å². The van der Waals surface area contributed by atoms with E-state index in [0.29, 0.717) is 56.3 Å². The monoisotopic (exact) mass is 890 g/mol. The standard InChI is InChI=1S/C42H62N6O15/c43-30-13-10-28(11-14-30)41(59)45-18-2-1-4-32(40(44)58)48-37(53)25-63-21-20-62-19-3-5-33(49)31(15-17-38(54)55)47-35(51)16-12-29(42(60)61)22-34(50)27-8-6-26(7-9-27)24-46-36(52)23-39(56)57/h10-11,13-14,26-27,29,31-32H,1-9,12,15-25,43H2,(H2,44,58)(H,45,59)(H,46,52)(H,47,51)(H,48,53)(H,54,55)(H,56,57)(H,60,61). The summed E-state index contributed by atoms with van der Waals surface area (Å²) in [5.41, 5.74) is 12.1. The van der Waals surface area contributed by atoms with Crippen LogP contribution in [0.5, 0.6) is 0 Å². The number of primary amides is 1. The van der Waals surface area contributed by atoms with Crippen molar-refractivity contribution in [3.8, 4) is 0 Å². The molecule has 0 heterocycles. The van der Waals surface area contributed by atoms with Crippen LogP contribution in [-0.2, 0) is 52.6 Å². The number of anilines is 1. The largest absolute Gasteiger partial charge is 0.481 e. The Bertz CT molecular complexity index is 1720. The van der Waals surface area contributed by atoms with Gasteiger partial charge in [-0.3, -0.25) is 47.9 Å². The van der Waals surface area contributed by atoms with Gasteiger partial charge in [-0.1, -0.05) is 0 Å². The van der Waals surface area contributed by atoms with E-state index in [1.807, 2.05) is 0 Å². The average Bonchev–Trinajstić information content (AvgIpc) is 3.23. The highest BCUT2D eigenvalue weighted by Crippen LogP contribution is 2.31. The molecule has 1 aromatic rings. The number of hydrogen-bond acceptors (Lipinski definition) is 13. The van der Waals surface area contributed by atoms with Crippen LogP contribution in [0.15, 0.2) is 24.3 Å². The summed E-state index contributed by atoms with van der Waals surface area (Å²) in [6.07, 6.45) is 1.57. The zero-order valence-corrected chi connectivity index (χ0v) is 35.4. The van der Waals surface area contributed by atoms with Crippen LogP contribution in [0.3, 0.4) is 0 Å². The fourth-order valence-electron chi connectivity index (χ4n) is 6.86. The van der Waals surface area contributed by atoms with E-state index in [1.54, 1.807) is 24.3 Å². The maximum atomic E-state index is 13.0. The van der Waals surface area contributed by atoms with Gasteiger partial charge in [0.1, 0.15) is 24.9 Å². The number of nitrogen functional groups attached to an aromatic ring is 1. The Morgan fingerprint density at radius 3 is 1.98 bits per heavy atom. The first-order chi connectivity index (χ1) is 29.9. The highest BCUT2D eigenvalue weighted by molar-refractivity contribution is 5.95. The third-order valence-corrected chi connectivity index (χ3v) is 10.5. The molecule has 3 unspecified atom stereocenters. The van der Waals surface area contributed by atoms with Crippen LogP contribution in [0.2, 0.25) is 0 Å². The zero-order valence-electron chi connectivity index (χ0n) is 35.4. The first-order valence-corrected chi connectivity index (χ1v) is 21.1. The van der Waals surface area contributed by atoms with Gasteiger partial charge >= 0.3 is 17.9 Å². The Hall–Kier alpha value is -5.96. The highest BCUT2D eigenvalue weighted by atomic mass is 16.5. The number of nitrogens with two attached hydrogens (primary N) is 2. The van der Waals surface area contributed by atoms with Gasteiger partial charge in [-0.05, 0) is 94.4 Å². The van der Waals surface area contributed by atoms with Gasteiger partial charge in [-0.15, -0.1) is 0 Å². The normalized spacial score (nSPS) is 16.1. The molecule has 1 aromatic carbocycles. The number of benzene rings is 1. The molecular formula is C42H62N6O15. The van der Waals surface area contributed by atoms with Gasteiger partial charge in [-0.2, -0.15) is 0 Å². The van der Waals surface area contributed by atoms with Crippen molar-refractivity contribution in [1.82, 2.24) is 21.3 Å². The Balaban J connectivity index is 1.65. The van der Waals surface area contributed by atoms with Crippen molar-refractivity contribution in [3.05, 3.63) is 29.8 Å². The van der Waals surface area contributed by atoms with Crippen molar-refractivity contribution in [2.75, 3.05) is 45.3 Å². The Morgan fingerprint density at radius 1 is 0.683 bits per heavy atom. The lowest BCUT2D eigenvalue weighted by Crippen LogP contribution is -2.45. The number of ketones is 2. The number of carbonyl (C=O) groups is 10. The Labute approximate surface area is 365 Å². The smallest absolute Gasteiger partial charge is 0.312 e. The number of hydrogen-bond donors (Lipinski definition) is 9. The summed E-state index contributed by atoms with van der Waals surface area (Å²) < 4.78 is 10.8. The molecule has 0 aliphatic heterocycles. The number of carbonyl (C=O) groups excluding carboxylic acids is 7. The predicted molar refractivity (Wildman–Crippen MR) is 224 cm³/mol.